The number of nitrogens with zero attached hydrogens (tertiary/aromatic N) is 1. The van der Waals surface area contributed by atoms with E-state index in [1.54, 1.807) is 30.3 Å². The standard InChI is InChI=1S/C17H18ClN3O3/c1-2-4-17(22)20-13-7-8-15(18)16(10-13)19-11-12-5-3-6-14(9-12)21(23)24/h3,5-10,19H,2,4,11H2,1H3,(H,20,22). The minimum Gasteiger partial charge on any atom is -0.380 e. The molecule has 0 heterocycles. The van der Waals surface area contributed by atoms with E-state index in [-0.39, 0.29) is 11.6 Å². The van der Waals surface area contributed by atoms with Gasteiger partial charge in [-0.25, -0.2) is 0 Å². The summed E-state index contributed by atoms with van der Waals surface area (Å²) in [4.78, 5) is 22.0. The number of rotatable bonds is 7. The first-order chi connectivity index (χ1) is 11.5. The summed E-state index contributed by atoms with van der Waals surface area (Å²) < 4.78 is 0. The number of nitro groups is 1. The predicted molar refractivity (Wildman–Crippen MR) is 95.4 cm³/mol. The number of carbonyl (C=O) groups is 1. The Labute approximate surface area is 145 Å². The molecule has 0 spiro atoms. The Bertz CT molecular complexity index is 750. The van der Waals surface area contributed by atoms with Gasteiger partial charge in [0.2, 0.25) is 5.91 Å². The monoisotopic (exact) mass is 347 g/mol. The van der Waals surface area contributed by atoms with Crippen LogP contribution in [0.3, 0.4) is 0 Å². The minimum absolute atomic E-state index is 0.0426. The fourth-order valence-corrected chi connectivity index (χ4v) is 2.35. The van der Waals surface area contributed by atoms with E-state index < -0.39 is 4.92 Å². The normalized spacial score (nSPS) is 10.2. The van der Waals surface area contributed by atoms with E-state index in [0.717, 1.165) is 12.0 Å². The maximum absolute atomic E-state index is 11.7. The van der Waals surface area contributed by atoms with Crippen molar-refractivity contribution in [1.82, 2.24) is 0 Å². The first-order valence-corrected chi connectivity index (χ1v) is 7.94. The molecule has 0 saturated carbocycles. The number of non-ortho nitro benzene ring substituents is 1. The van der Waals surface area contributed by atoms with Gasteiger partial charge >= 0.3 is 0 Å². The van der Waals surface area contributed by atoms with Gasteiger partial charge in [-0.1, -0.05) is 30.7 Å². The highest BCUT2D eigenvalue weighted by atomic mass is 35.5. The molecule has 2 aromatic rings. The number of nitrogens with one attached hydrogen (secondary N) is 2. The number of amides is 1. The molecule has 0 aliphatic heterocycles. The van der Waals surface area contributed by atoms with E-state index in [9.17, 15) is 14.9 Å². The van der Waals surface area contributed by atoms with E-state index in [0.29, 0.717) is 29.4 Å². The lowest BCUT2D eigenvalue weighted by Crippen LogP contribution is -2.11. The van der Waals surface area contributed by atoms with Gasteiger partial charge in [0.1, 0.15) is 0 Å². The second-order valence-corrected chi connectivity index (χ2v) is 5.68. The lowest BCUT2D eigenvalue weighted by molar-refractivity contribution is -0.384. The topological polar surface area (TPSA) is 84.3 Å². The van der Waals surface area contributed by atoms with E-state index in [1.165, 1.54) is 12.1 Å². The fraction of sp³-hybridized carbons (Fsp3) is 0.235. The molecule has 6 nitrogen and oxygen atoms in total. The molecule has 24 heavy (non-hydrogen) atoms. The van der Waals surface area contributed by atoms with Crippen molar-refractivity contribution in [1.29, 1.82) is 0 Å². The van der Waals surface area contributed by atoms with Crippen LogP contribution in [0.25, 0.3) is 0 Å². The first kappa shape index (κ1) is 17.7. The van der Waals surface area contributed by atoms with Gasteiger partial charge < -0.3 is 10.6 Å². The zero-order chi connectivity index (χ0) is 17.5. The van der Waals surface area contributed by atoms with Gasteiger partial charge in [0.05, 0.1) is 15.6 Å². The number of hydrogen-bond acceptors (Lipinski definition) is 4. The summed E-state index contributed by atoms with van der Waals surface area (Å²) in [6.45, 7) is 2.32. The summed E-state index contributed by atoms with van der Waals surface area (Å²) in [7, 11) is 0. The Balaban J connectivity index is 2.07. The summed E-state index contributed by atoms with van der Waals surface area (Å²) in [6, 6.07) is 11.5. The van der Waals surface area contributed by atoms with E-state index >= 15 is 0 Å². The largest absolute Gasteiger partial charge is 0.380 e. The van der Waals surface area contributed by atoms with Crippen molar-refractivity contribution < 1.29 is 9.72 Å². The van der Waals surface area contributed by atoms with Crippen LogP contribution in [-0.2, 0) is 11.3 Å². The first-order valence-electron chi connectivity index (χ1n) is 7.56. The van der Waals surface area contributed by atoms with E-state index in [4.69, 9.17) is 11.6 Å². The van der Waals surface area contributed by atoms with Crippen LogP contribution in [0.5, 0.6) is 0 Å². The van der Waals surface area contributed by atoms with Crippen LogP contribution in [0, 0.1) is 10.1 Å². The second kappa shape index (κ2) is 8.31. The third-order valence-electron chi connectivity index (χ3n) is 3.33. The van der Waals surface area contributed by atoms with Crippen molar-refractivity contribution in [3.8, 4) is 0 Å². The Hall–Kier alpha value is -2.60. The van der Waals surface area contributed by atoms with Crippen molar-refractivity contribution in [3.63, 3.8) is 0 Å². The van der Waals surface area contributed by atoms with Crippen LogP contribution in [0.15, 0.2) is 42.5 Å². The van der Waals surface area contributed by atoms with Gasteiger partial charge in [-0.05, 0) is 30.2 Å². The van der Waals surface area contributed by atoms with Crippen LogP contribution in [0.4, 0.5) is 17.1 Å². The molecule has 126 valence electrons. The molecule has 0 aliphatic carbocycles. The molecular weight excluding hydrogens is 330 g/mol. The average Bonchev–Trinajstić information content (AvgIpc) is 2.56. The van der Waals surface area contributed by atoms with Crippen LogP contribution in [-0.4, -0.2) is 10.8 Å². The van der Waals surface area contributed by atoms with Gasteiger partial charge in [-0.3, -0.25) is 14.9 Å². The van der Waals surface area contributed by atoms with Gasteiger partial charge in [0.25, 0.3) is 5.69 Å². The predicted octanol–water partition coefficient (Wildman–Crippen LogP) is 4.60. The van der Waals surface area contributed by atoms with Gasteiger partial charge in [-0.2, -0.15) is 0 Å². The summed E-state index contributed by atoms with van der Waals surface area (Å²) in [5.74, 6) is -0.0514. The Morgan fingerprint density at radius 3 is 2.75 bits per heavy atom. The number of halogens is 1. The summed E-state index contributed by atoms with van der Waals surface area (Å²) in [5.41, 5.74) is 2.11. The molecule has 0 saturated heterocycles. The molecule has 0 radical (unpaired) electrons. The highest BCUT2D eigenvalue weighted by Gasteiger charge is 2.08. The molecule has 0 aromatic heterocycles. The van der Waals surface area contributed by atoms with Crippen molar-refractivity contribution in [3.05, 3.63) is 63.2 Å². The lowest BCUT2D eigenvalue weighted by Gasteiger charge is -2.11. The molecule has 2 N–H and O–H groups in total. The van der Waals surface area contributed by atoms with E-state index in [2.05, 4.69) is 10.6 Å². The van der Waals surface area contributed by atoms with Crippen molar-refractivity contribution >= 4 is 34.6 Å². The van der Waals surface area contributed by atoms with Crippen LogP contribution >= 0.6 is 11.6 Å². The van der Waals surface area contributed by atoms with Crippen LogP contribution < -0.4 is 10.6 Å². The SMILES string of the molecule is CCCC(=O)Nc1ccc(Cl)c(NCc2cccc([N+](=O)[O-])c2)c1. The van der Waals surface area contributed by atoms with Gasteiger partial charge in [-0.15, -0.1) is 0 Å². The zero-order valence-corrected chi connectivity index (χ0v) is 14.0. The molecule has 0 aliphatic rings. The smallest absolute Gasteiger partial charge is 0.269 e. The molecule has 0 unspecified atom stereocenters. The summed E-state index contributed by atoms with van der Waals surface area (Å²) in [5, 5.41) is 17.3. The number of anilines is 2. The molecule has 0 fully saturated rings. The zero-order valence-electron chi connectivity index (χ0n) is 13.2. The molecule has 0 atom stereocenters. The Kier molecular flexibility index (Phi) is 6.14. The van der Waals surface area contributed by atoms with Crippen molar-refractivity contribution in [2.75, 3.05) is 10.6 Å². The number of nitro benzene ring substituents is 1. The average molecular weight is 348 g/mol. The van der Waals surface area contributed by atoms with Crippen molar-refractivity contribution in [2.24, 2.45) is 0 Å². The molecule has 7 heteroatoms. The van der Waals surface area contributed by atoms with Crippen molar-refractivity contribution in [2.45, 2.75) is 26.3 Å². The Morgan fingerprint density at radius 1 is 1.25 bits per heavy atom. The van der Waals surface area contributed by atoms with Gasteiger partial charge in [0, 0.05) is 30.8 Å². The third-order valence-corrected chi connectivity index (χ3v) is 3.66. The summed E-state index contributed by atoms with van der Waals surface area (Å²) in [6.07, 6.45) is 1.23. The third kappa shape index (κ3) is 4.96. The van der Waals surface area contributed by atoms with E-state index in [1.807, 2.05) is 6.92 Å². The number of benzene rings is 2. The fourth-order valence-electron chi connectivity index (χ4n) is 2.17. The maximum Gasteiger partial charge on any atom is 0.269 e. The highest BCUT2D eigenvalue weighted by Crippen LogP contribution is 2.26. The quantitative estimate of drug-likeness (QED) is 0.566. The Morgan fingerprint density at radius 2 is 2.04 bits per heavy atom. The van der Waals surface area contributed by atoms with Crippen LogP contribution in [0.1, 0.15) is 25.3 Å². The molecule has 2 rings (SSSR count). The molecule has 2 aromatic carbocycles. The molecule has 1 amide bonds. The molecule has 0 bridgehead atoms. The highest BCUT2D eigenvalue weighted by molar-refractivity contribution is 6.33. The number of carbonyl (C=O) groups excluding carboxylic acids is 1. The lowest BCUT2D eigenvalue weighted by atomic mass is 10.2. The van der Waals surface area contributed by atoms with Gasteiger partial charge in [0.15, 0.2) is 0 Å². The number of hydrogen-bond donors (Lipinski definition) is 2. The van der Waals surface area contributed by atoms with Crippen LogP contribution in [0.2, 0.25) is 5.02 Å². The summed E-state index contributed by atoms with van der Waals surface area (Å²) >= 11 is 6.16. The maximum atomic E-state index is 11.7. The second-order valence-electron chi connectivity index (χ2n) is 5.27. The molecular formula is C17H18ClN3O3. The minimum atomic E-state index is -0.430.